The van der Waals surface area contributed by atoms with Crippen LogP contribution in [0.3, 0.4) is 0 Å². The summed E-state index contributed by atoms with van der Waals surface area (Å²) in [6.45, 7) is 5.72. The van der Waals surface area contributed by atoms with Gasteiger partial charge in [-0.1, -0.05) is 6.08 Å². The molecule has 0 N–H and O–H groups in total. The molecule has 8 heavy (non-hydrogen) atoms. The van der Waals surface area contributed by atoms with E-state index in [-0.39, 0.29) is 0 Å². The standard InChI is InChI=1S/C6H14OSi/c1-3-4-5-6(2)7-8/h3,6H,1,4-5H2,2,8H3. The van der Waals surface area contributed by atoms with Crippen molar-refractivity contribution in [2.24, 2.45) is 0 Å². The monoisotopic (exact) mass is 130 g/mol. The maximum absolute atomic E-state index is 5.14. The van der Waals surface area contributed by atoms with Gasteiger partial charge in [0, 0.05) is 6.10 Å². The van der Waals surface area contributed by atoms with Gasteiger partial charge in [-0.05, 0) is 19.8 Å². The minimum atomic E-state index is 0.444. The smallest absolute Gasteiger partial charge is 0.146 e. The summed E-state index contributed by atoms with van der Waals surface area (Å²) in [6.07, 6.45) is 4.56. The lowest BCUT2D eigenvalue weighted by Crippen LogP contribution is -2.03. The van der Waals surface area contributed by atoms with Crippen molar-refractivity contribution in [1.82, 2.24) is 0 Å². The van der Waals surface area contributed by atoms with Gasteiger partial charge in [0.15, 0.2) is 0 Å². The third kappa shape index (κ3) is 4.09. The molecular formula is C6H14OSi. The predicted octanol–water partition coefficient (Wildman–Crippen LogP) is 0.638. The van der Waals surface area contributed by atoms with Gasteiger partial charge in [0.25, 0.3) is 0 Å². The lowest BCUT2D eigenvalue weighted by Gasteiger charge is -2.05. The van der Waals surface area contributed by atoms with Crippen LogP contribution >= 0.6 is 0 Å². The Morgan fingerprint density at radius 1 is 1.88 bits per heavy atom. The molecule has 0 aliphatic rings. The van der Waals surface area contributed by atoms with Crippen molar-refractivity contribution in [2.45, 2.75) is 25.9 Å². The van der Waals surface area contributed by atoms with E-state index in [0.717, 1.165) is 23.3 Å². The Morgan fingerprint density at radius 3 is 2.88 bits per heavy atom. The zero-order chi connectivity index (χ0) is 6.41. The highest BCUT2D eigenvalue weighted by atomic mass is 28.2. The van der Waals surface area contributed by atoms with Crippen LogP contribution in [0.15, 0.2) is 12.7 Å². The fourth-order valence-corrected chi connectivity index (χ4v) is 0.706. The highest BCUT2D eigenvalue weighted by Crippen LogP contribution is 1.98. The molecule has 0 spiro atoms. The van der Waals surface area contributed by atoms with Crippen LogP contribution in [0.25, 0.3) is 0 Å². The average molecular weight is 130 g/mol. The van der Waals surface area contributed by atoms with Crippen molar-refractivity contribution >= 4 is 10.5 Å². The molecule has 1 unspecified atom stereocenters. The third-order valence-corrected chi connectivity index (χ3v) is 1.98. The Labute approximate surface area is 54.3 Å². The minimum absolute atomic E-state index is 0.444. The summed E-state index contributed by atoms with van der Waals surface area (Å²) in [5.41, 5.74) is 0. The minimum Gasteiger partial charge on any atom is -0.425 e. The molecule has 0 aromatic rings. The number of hydrogen-bond acceptors (Lipinski definition) is 1. The van der Waals surface area contributed by atoms with Crippen molar-refractivity contribution in [3.63, 3.8) is 0 Å². The first kappa shape index (κ1) is 7.92. The largest absolute Gasteiger partial charge is 0.425 e. The van der Waals surface area contributed by atoms with Gasteiger partial charge in [0.05, 0.1) is 0 Å². The van der Waals surface area contributed by atoms with Gasteiger partial charge in [-0.2, -0.15) is 0 Å². The quantitative estimate of drug-likeness (QED) is 0.401. The first-order valence-corrected chi connectivity index (χ1v) is 3.76. The molecule has 0 fully saturated rings. The maximum Gasteiger partial charge on any atom is 0.146 e. The van der Waals surface area contributed by atoms with Gasteiger partial charge in [0.1, 0.15) is 10.5 Å². The number of hydrogen-bond donors (Lipinski definition) is 0. The molecule has 0 radical (unpaired) electrons. The normalized spacial score (nSPS) is 13.6. The van der Waals surface area contributed by atoms with Gasteiger partial charge in [-0.25, -0.2) is 0 Å². The topological polar surface area (TPSA) is 9.23 Å². The Hall–Kier alpha value is -0.0831. The second kappa shape index (κ2) is 5.06. The maximum atomic E-state index is 5.14. The number of allylic oxidation sites excluding steroid dienone is 1. The van der Waals surface area contributed by atoms with E-state index in [1.807, 2.05) is 6.08 Å². The molecule has 0 aliphatic heterocycles. The van der Waals surface area contributed by atoms with Crippen molar-refractivity contribution < 1.29 is 4.43 Å². The highest BCUT2D eigenvalue weighted by molar-refractivity contribution is 5.98. The highest BCUT2D eigenvalue weighted by Gasteiger charge is 1.93. The Balaban J connectivity index is 2.97. The van der Waals surface area contributed by atoms with Crippen molar-refractivity contribution in [1.29, 1.82) is 0 Å². The van der Waals surface area contributed by atoms with E-state index in [1.54, 1.807) is 0 Å². The Morgan fingerprint density at radius 2 is 2.50 bits per heavy atom. The summed E-state index contributed by atoms with van der Waals surface area (Å²) in [5, 5.41) is 0. The van der Waals surface area contributed by atoms with Crippen LogP contribution in [0.5, 0.6) is 0 Å². The first-order valence-electron chi connectivity index (χ1n) is 2.95. The van der Waals surface area contributed by atoms with Gasteiger partial charge in [-0.3, -0.25) is 0 Å². The Bertz CT molecular complexity index is 63.5. The number of rotatable bonds is 4. The van der Waals surface area contributed by atoms with Crippen LogP contribution in [-0.2, 0) is 4.43 Å². The van der Waals surface area contributed by atoms with Crippen LogP contribution in [0.4, 0.5) is 0 Å². The molecule has 0 saturated heterocycles. The van der Waals surface area contributed by atoms with Crippen LogP contribution in [0, 0.1) is 0 Å². The average Bonchev–Trinajstić information content (AvgIpc) is 1.83. The summed E-state index contributed by atoms with van der Waals surface area (Å²) in [6, 6.07) is 0. The van der Waals surface area contributed by atoms with Gasteiger partial charge >= 0.3 is 0 Å². The third-order valence-electron chi connectivity index (χ3n) is 1.18. The molecule has 1 nitrogen and oxygen atoms in total. The summed E-state index contributed by atoms with van der Waals surface area (Å²) >= 11 is 0. The predicted molar refractivity (Wildman–Crippen MR) is 39.9 cm³/mol. The molecule has 0 aromatic carbocycles. The lowest BCUT2D eigenvalue weighted by atomic mass is 10.2. The van der Waals surface area contributed by atoms with E-state index < -0.39 is 0 Å². The Kier molecular flexibility index (Phi) is 5.01. The van der Waals surface area contributed by atoms with Crippen LogP contribution in [0.1, 0.15) is 19.8 Å². The summed E-state index contributed by atoms with van der Waals surface area (Å²) in [5.74, 6) is 0. The molecule has 0 bridgehead atoms. The van der Waals surface area contributed by atoms with E-state index >= 15 is 0 Å². The van der Waals surface area contributed by atoms with E-state index in [4.69, 9.17) is 4.43 Å². The molecule has 0 heterocycles. The van der Waals surface area contributed by atoms with Crippen molar-refractivity contribution in [3.05, 3.63) is 12.7 Å². The lowest BCUT2D eigenvalue weighted by molar-refractivity contribution is 0.233. The molecule has 0 saturated carbocycles. The fourth-order valence-electron chi connectivity index (χ4n) is 0.470. The summed E-state index contributed by atoms with van der Waals surface area (Å²) in [4.78, 5) is 0. The summed E-state index contributed by atoms with van der Waals surface area (Å²) in [7, 11) is 0.855. The first-order chi connectivity index (χ1) is 3.81. The molecule has 1 atom stereocenters. The molecule has 2 heteroatoms. The fraction of sp³-hybridized carbons (Fsp3) is 0.667. The SMILES string of the molecule is C=CCCC(C)O[SiH3]. The van der Waals surface area contributed by atoms with Crippen LogP contribution < -0.4 is 0 Å². The second-order valence-corrected chi connectivity index (χ2v) is 2.38. The molecule has 0 amide bonds. The summed E-state index contributed by atoms with van der Waals surface area (Å²) < 4.78 is 5.14. The molecular weight excluding hydrogens is 116 g/mol. The van der Waals surface area contributed by atoms with Crippen LogP contribution in [0.2, 0.25) is 0 Å². The van der Waals surface area contributed by atoms with Crippen molar-refractivity contribution in [2.75, 3.05) is 0 Å². The zero-order valence-corrected chi connectivity index (χ0v) is 7.68. The zero-order valence-electron chi connectivity index (χ0n) is 5.68. The molecule has 0 aliphatic carbocycles. The second-order valence-electron chi connectivity index (χ2n) is 1.91. The molecule has 0 aromatic heterocycles. The van der Waals surface area contributed by atoms with Gasteiger partial charge in [0.2, 0.25) is 0 Å². The van der Waals surface area contributed by atoms with E-state index in [0.29, 0.717) is 6.10 Å². The van der Waals surface area contributed by atoms with Gasteiger partial charge in [-0.15, -0.1) is 6.58 Å². The molecule has 0 rings (SSSR count). The van der Waals surface area contributed by atoms with E-state index in [2.05, 4.69) is 13.5 Å². The van der Waals surface area contributed by atoms with E-state index in [9.17, 15) is 0 Å². The van der Waals surface area contributed by atoms with Crippen molar-refractivity contribution in [3.8, 4) is 0 Å². The van der Waals surface area contributed by atoms with Gasteiger partial charge < -0.3 is 4.43 Å². The molecule has 48 valence electrons. The van der Waals surface area contributed by atoms with E-state index in [1.165, 1.54) is 0 Å². The van der Waals surface area contributed by atoms with Crippen LogP contribution in [-0.4, -0.2) is 16.6 Å².